The van der Waals surface area contributed by atoms with Crippen molar-refractivity contribution in [2.45, 2.75) is 31.5 Å². The van der Waals surface area contributed by atoms with Gasteiger partial charge >= 0.3 is 0 Å². The first-order valence-corrected chi connectivity index (χ1v) is 11.1. The maximum Gasteiger partial charge on any atom is 0.291 e. The number of anilines is 1. The molecule has 3 heterocycles. The lowest BCUT2D eigenvalue weighted by Crippen LogP contribution is -2.49. The van der Waals surface area contributed by atoms with Crippen LogP contribution in [-0.2, 0) is 4.79 Å². The van der Waals surface area contributed by atoms with Crippen molar-refractivity contribution in [1.82, 2.24) is 30.0 Å². The fourth-order valence-electron chi connectivity index (χ4n) is 3.86. The van der Waals surface area contributed by atoms with Crippen molar-refractivity contribution in [2.75, 3.05) is 18.4 Å². The Morgan fingerprint density at radius 1 is 1.17 bits per heavy atom. The summed E-state index contributed by atoms with van der Waals surface area (Å²) in [7, 11) is 0. The highest BCUT2D eigenvalue weighted by atomic mass is 19.1. The van der Waals surface area contributed by atoms with Crippen LogP contribution in [0.4, 0.5) is 10.2 Å². The molecule has 2 atom stereocenters. The number of rotatable bonds is 6. The number of H-pyrrole nitrogens is 1. The lowest BCUT2D eigenvalue weighted by Gasteiger charge is -2.34. The van der Waals surface area contributed by atoms with Gasteiger partial charge in [0.25, 0.3) is 5.91 Å². The maximum atomic E-state index is 14.9. The number of aromatic nitrogens is 5. The molecular formula is C23H21FN8O3. The number of carbonyl (C=O) groups is 2. The molecule has 0 radical (unpaired) electrons. The first kappa shape index (κ1) is 22.4. The van der Waals surface area contributed by atoms with Crippen molar-refractivity contribution in [2.24, 2.45) is 5.92 Å². The predicted octanol–water partition coefficient (Wildman–Crippen LogP) is 2.11. The van der Waals surface area contributed by atoms with E-state index < -0.39 is 18.2 Å². The Balaban J connectivity index is 1.27. The average Bonchev–Trinajstić information content (AvgIpc) is 3.59. The first-order chi connectivity index (χ1) is 17.0. The summed E-state index contributed by atoms with van der Waals surface area (Å²) < 4.78 is 20.7. The van der Waals surface area contributed by atoms with Crippen LogP contribution in [0.3, 0.4) is 0 Å². The molecule has 178 valence electrons. The van der Waals surface area contributed by atoms with Crippen molar-refractivity contribution in [3.63, 3.8) is 0 Å². The molecule has 0 bridgehead atoms. The number of hydrogen-bond donors (Lipinski definition) is 2. The van der Waals surface area contributed by atoms with Crippen molar-refractivity contribution in [1.29, 1.82) is 5.26 Å². The SMILES string of the molecule is N#Cc1cc(-c2cc(NC(=O)C3CC3)ncn2)ccc1OC1CCN(C(=O)c2ncn[nH]2)C[C@H]1F. The van der Waals surface area contributed by atoms with E-state index in [1.54, 1.807) is 24.3 Å². The van der Waals surface area contributed by atoms with E-state index in [4.69, 9.17) is 4.74 Å². The summed E-state index contributed by atoms with van der Waals surface area (Å²) in [6.45, 7) is 0.126. The Morgan fingerprint density at radius 2 is 2.03 bits per heavy atom. The van der Waals surface area contributed by atoms with E-state index in [0.717, 1.165) is 12.8 Å². The second-order valence-corrected chi connectivity index (χ2v) is 8.42. The van der Waals surface area contributed by atoms with E-state index in [-0.39, 0.29) is 48.5 Å². The molecule has 2 aliphatic rings. The number of nitrogens with one attached hydrogen (secondary N) is 2. The van der Waals surface area contributed by atoms with E-state index in [1.807, 2.05) is 0 Å². The van der Waals surface area contributed by atoms with Gasteiger partial charge in [0.05, 0.1) is 17.8 Å². The van der Waals surface area contributed by atoms with Gasteiger partial charge in [-0.3, -0.25) is 14.7 Å². The molecular weight excluding hydrogens is 455 g/mol. The zero-order valence-corrected chi connectivity index (χ0v) is 18.5. The Bertz CT molecular complexity index is 1290. The number of piperidine rings is 1. The van der Waals surface area contributed by atoms with Gasteiger partial charge in [0.15, 0.2) is 6.17 Å². The third kappa shape index (κ3) is 4.93. The molecule has 11 nitrogen and oxygen atoms in total. The molecule has 2 amide bonds. The zero-order valence-electron chi connectivity index (χ0n) is 18.5. The monoisotopic (exact) mass is 476 g/mol. The van der Waals surface area contributed by atoms with Crippen molar-refractivity contribution in [3.05, 3.63) is 48.3 Å². The van der Waals surface area contributed by atoms with Crippen LogP contribution in [-0.4, -0.2) is 67.2 Å². The molecule has 2 aromatic heterocycles. The van der Waals surface area contributed by atoms with Gasteiger partial charge in [-0.25, -0.2) is 19.3 Å². The average molecular weight is 476 g/mol. The van der Waals surface area contributed by atoms with Gasteiger partial charge in [0.2, 0.25) is 11.7 Å². The molecule has 1 aliphatic heterocycles. The number of likely N-dealkylation sites (tertiary alicyclic amines) is 1. The van der Waals surface area contributed by atoms with Gasteiger partial charge in [0.1, 0.15) is 36.4 Å². The molecule has 3 aromatic rings. The number of carbonyl (C=O) groups excluding carboxylic acids is 2. The van der Waals surface area contributed by atoms with Gasteiger partial charge in [-0.05, 0) is 31.0 Å². The second kappa shape index (κ2) is 9.46. The summed E-state index contributed by atoms with van der Waals surface area (Å²) in [6, 6.07) is 8.62. The van der Waals surface area contributed by atoms with Crippen molar-refractivity contribution >= 4 is 17.6 Å². The highest BCUT2D eigenvalue weighted by molar-refractivity contribution is 5.93. The summed E-state index contributed by atoms with van der Waals surface area (Å²) in [6.07, 6.45) is 2.33. The normalized spacial score (nSPS) is 19.6. The third-order valence-electron chi connectivity index (χ3n) is 5.93. The summed E-state index contributed by atoms with van der Waals surface area (Å²) in [5.41, 5.74) is 1.37. The van der Waals surface area contributed by atoms with Crippen LogP contribution in [0.5, 0.6) is 5.75 Å². The maximum absolute atomic E-state index is 14.9. The van der Waals surface area contributed by atoms with Crippen LogP contribution >= 0.6 is 0 Å². The molecule has 1 saturated carbocycles. The minimum atomic E-state index is -1.44. The van der Waals surface area contributed by atoms with Gasteiger partial charge in [-0.15, -0.1) is 0 Å². The number of ether oxygens (including phenoxy) is 1. The van der Waals surface area contributed by atoms with E-state index in [0.29, 0.717) is 17.1 Å². The number of hydrogen-bond acceptors (Lipinski definition) is 8. The first-order valence-electron chi connectivity index (χ1n) is 11.1. The Labute approximate surface area is 199 Å². The lowest BCUT2D eigenvalue weighted by atomic mass is 10.0. The number of nitrogens with zero attached hydrogens (tertiary/aromatic N) is 6. The molecule has 2 fully saturated rings. The fourth-order valence-corrected chi connectivity index (χ4v) is 3.86. The topological polar surface area (TPSA) is 150 Å². The van der Waals surface area contributed by atoms with Crippen LogP contribution in [0.25, 0.3) is 11.3 Å². The predicted molar refractivity (Wildman–Crippen MR) is 120 cm³/mol. The van der Waals surface area contributed by atoms with E-state index in [2.05, 4.69) is 36.5 Å². The smallest absolute Gasteiger partial charge is 0.291 e. The summed E-state index contributed by atoms with van der Waals surface area (Å²) in [4.78, 5) is 37.9. The van der Waals surface area contributed by atoms with Crippen LogP contribution < -0.4 is 10.1 Å². The minimum absolute atomic E-state index is 0.0431. The minimum Gasteiger partial charge on any atom is -0.486 e. The lowest BCUT2D eigenvalue weighted by molar-refractivity contribution is -0.117. The fraction of sp³-hybridized carbons (Fsp3) is 0.348. The summed E-state index contributed by atoms with van der Waals surface area (Å²) in [5.74, 6) is 0.238. The van der Waals surface area contributed by atoms with Crippen LogP contribution in [0.15, 0.2) is 36.9 Å². The molecule has 1 aromatic carbocycles. The number of nitriles is 1. The van der Waals surface area contributed by atoms with Gasteiger partial charge in [-0.2, -0.15) is 10.4 Å². The quantitative estimate of drug-likeness (QED) is 0.549. The Kier molecular flexibility index (Phi) is 6.05. The number of amides is 2. The van der Waals surface area contributed by atoms with E-state index in [1.165, 1.54) is 17.6 Å². The van der Waals surface area contributed by atoms with Gasteiger partial charge < -0.3 is 15.0 Å². The highest BCUT2D eigenvalue weighted by Gasteiger charge is 2.34. The van der Waals surface area contributed by atoms with Crippen LogP contribution in [0, 0.1) is 17.2 Å². The number of aromatic amines is 1. The molecule has 1 unspecified atom stereocenters. The highest BCUT2D eigenvalue weighted by Crippen LogP contribution is 2.31. The molecule has 2 N–H and O–H groups in total. The van der Waals surface area contributed by atoms with Gasteiger partial charge in [-0.1, -0.05) is 0 Å². The molecule has 1 saturated heterocycles. The molecule has 5 rings (SSSR count). The van der Waals surface area contributed by atoms with Crippen molar-refractivity contribution in [3.8, 4) is 23.1 Å². The Morgan fingerprint density at radius 3 is 2.74 bits per heavy atom. The van der Waals surface area contributed by atoms with E-state index in [9.17, 15) is 19.2 Å². The van der Waals surface area contributed by atoms with Crippen LogP contribution in [0.1, 0.15) is 35.4 Å². The Hall–Kier alpha value is -4.40. The van der Waals surface area contributed by atoms with E-state index >= 15 is 0 Å². The number of benzene rings is 1. The standard InChI is InChI=1S/C23H21FN8O3/c24-16-10-32(23(34)21-28-12-29-31-21)6-5-19(16)35-18-4-3-14(7-15(18)9-25)17-8-20(27-11-26-17)30-22(33)13-1-2-13/h3-4,7-8,11-13,16,19H,1-2,5-6,10H2,(H,28,29,31)(H,26,27,30,33)/t16-,19?/m1/s1. The molecule has 1 aliphatic carbocycles. The van der Waals surface area contributed by atoms with Crippen LogP contribution in [0.2, 0.25) is 0 Å². The second-order valence-electron chi connectivity index (χ2n) is 8.42. The number of alkyl halides is 1. The zero-order chi connectivity index (χ0) is 24.4. The number of halogens is 1. The molecule has 12 heteroatoms. The molecule has 35 heavy (non-hydrogen) atoms. The largest absolute Gasteiger partial charge is 0.486 e. The molecule has 0 spiro atoms. The van der Waals surface area contributed by atoms with Crippen molar-refractivity contribution < 1.29 is 18.7 Å². The van der Waals surface area contributed by atoms with Gasteiger partial charge in [0, 0.05) is 30.5 Å². The third-order valence-corrected chi connectivity index (χ3v) is 5.93. The summed E-state index contributed by atoms with van der Waals surface area (Å²) >= 11 is 0. The summed E-state index contributed by atoms with van der Waals surface area (Å²) in [5, 5.41) is 18.6.